The fraction of sp³-hybridized carbons (Fsp3) is 0.500. The molecule has 0 bridgehead atoms. The lowest BCUT2D eigenvalue weighted by atomic mass is 10.1. The van der Waals surface area contributed by atoms with E-state index >= 15 is 0 Å². The molecule has 7 heteroatoms. The molecule has 2 aromatic rings. The molecule has 0 radical (unpaired) electrons. The van der Waals surface area contributed by atoms with E-state index in [0.29, 0.717) is 5.88 Å². The van der Waals surface area contributed by atoms with Crippen LogP contribution in [0.25, 0.3) is 0 Å². The summed E-state index contributed by atoms with van der Waals surface area (Å²) in [7, 11) is 1.81. The Balaban J connectivity index is 1.49. The van der Waals surface area contributed by atoms with Crippen LogP contribution in [0.4, 0.5) is 0 Å². The van der Waals surface area contributed by atoms with Crippen LogP contribution in [-0.4, -0.2) is 53.8 Å². The topological polar surface area (TPSA) is 75.8 Å². The number of aliphatic imine (C=N–C) groups is 1. The third-order valence-electron chi connectivity index (χ3n) is 4.42. The Morgan fingerprint density at radius 3 is 3.00 bits per heavy atom. The molecule has 25 heavy (non-hydrogen) atoms. The van der Waals surface area contributed by atoms with E-state index in [9.17, 15) is 0 Å². The van der Waals surface area contributed by atoms with Crippen molar-refractivity contribution in [3.05, 3.63) is 41.4 Å². The molecule has 1 unspecified atom stereocenters. The predicted octanol–water partition coefficient (Wildman–Crippen LogP) is 1.96. The molecular formula is C18H25N5O2. The second-order valence-electron chi connectivity index (χ2n) is 6.17. The fourth-order valence-electron chi connectivity index (χ4n) is 3.09. The molecule has 0 amide bonds. The van der Waals surface area contributed by atoms with Gasteiger partial charge < -0.3 is 19.5 Å². The third kappa shape index (κ3) is 4.29. The standard InChI is InChI=1S/C18H25N5O2/c1-13-16(14(2)25-22-13)7-10-21-18(19-3)23-11-8-15(12-23)24-17-6-4-5-9-20-17/h4-6,9,15H,7-8,10-12H2,1-3H3,(H,19,21). The summed E-state index contributed by atoms with van der Waals surface area (Å²) in [5.41, 5.74) is 2.13. The number of nitrogens with one attached hydrogen (secondary N) is 1. The zero-order chi connectivity index (χ0) is 17.6. The lowest BCUT2D eigenvalue weighted by Gasteiger charge is -2.21. The molecule has 0 spiro atoms. The summed E-state index contributed by atoms with van der Waals surface area (Å²) in [6.07, 6.45) is 3.70. The number of pyridine rings is 1. The SMILES string of the molecule is CN=C(NCCc1c(C)noc1C)N1CCC(Oc2ccccn2)C1. The summed E-state index contributed by atoms with van der Waals surface area (Å²) in [4.78, 5) is 10.8. The van der Waals surface area contributed by atoms with Crippen molar-refractivity contribution in [3.8, 4) is 5.88 Å². The van der Waals surface area contributed by atoms with Crippen molar-refractivity contribution in [1.82, 2.24) is 20.4 Å². The van der Waals surface area contributed by atoms with Crippen molar-refractivity contribution < 1.29 is 9.26 Å². The molecule has 3 heterocycles. The number of hydrogen-bond donors (Lipinski definition) is 1. The number of hydrogen-bond acceptors (Lipinski definition) is 5. The Kier molecular flexibility index (Phi) is 5.53. The van der Waals surface area contributed by atoms with E-state index in [-0.39, 0.29) is 6.10 Å². The maximum Gasteiger partial charge on any atom is 0.213 e. The van der Waals surface area contributed by atoms with Crippen LogP contribution in [0.15, 0.2) is 33.9 Å². The summed E-state index contributed by atoms with van der Waals surface area (Å²) in [5, 5.41) is 7.42. The molecule has 0 aromatic carbocycles. The van der Waals surface area contributed by atoms with Gasteiger partial charge in [-0.1, -0.05) is 11.2 Å². The van der Waals surface area contributed by atoms with Crippen LogP contribution in [0.1, 0.15) is 23.4 Å². The van der Waals surface area contributed by atoms with Crippen LogP contribution in [0.5, 0.6) is 5.88 Å². The molecule has 1 N–H and O–H groups in total. The van der Waals surface area contributed by atoms with Gasteiger partial charge in [-0.15, -0.1) is 0 Å². The number of guanidine groups is 1. The molecule has 3 rings (SSSR count). The van der Waals surface area contributed by atoms with Crippen LogP contribution >= 0.6 is 0 Å². The molecule has 1 saturated heterocycles. The molecule has 1 fully saturated rings. The summed E-state index contributed by atoms with van der Waals surface area (Å²) in [6, 6.07) is 5.71. The van der Waals surface area contributed by atoms with Gasteiger partial charge in [-0.05, 0) is 26.3 Å². The summed E-state index contributed by atoms with van der Waals surface area (Å²) >= 11 is 0. The van der Waals surface area contributed by atoms with Crippen molar-refractivity contribution in [3.63, 3.8) is 0 Å². The van der Waals surface area contributed by atoms with Crippen LogP contribution in [-0.2, 0) is 6.42 Å². The zero-order valence-electron chi connectivity index (χ0n) is 15.0. The minimum Gasteiger partial charge on any atom is -0.472 e. The van der Waals surface area contributed by atoms with Crippen molar-refractivity contribution in [2.75, 3.05) is 26.7 Å². The first-order valence-corrected chi connectivity index (χ1v) is 8.62. The molecule has 1 aliphatic rings. The molecular weight excluding hydrogens is 318 g/mol. The van der Waals surface area contributed by atoms with Crippen molar-refractivity contribution in [2.24, 2.45) is 4.99 Å². The summed E-state index contributed by atoms with van der Waals surface area (Å²) in [5.74, 6) is 2.47. The average molecular weight is 343 g/mol. The Morgan fingerprint density at radius 1 is 1.44 bits per heavy atom. The van der Waals surface area contributed by atoms with E-state index < -0.39 is 0 Å². The molecule has 134 valence electrons. The smallest absolute Gasteiger partial charge is 0.213 e. The predicted molar refractivity (Wildman–Crippen MR) is 95.9 cm³/mol. The minimum absolute atomic E-state index is 0.135. The number of likely N-dealkylation sites (tertiary alicyclic amines) is 1. The Bertz CT molecular complexity index is 694. The first kappa shape index (κ1) is 17.3. The van der Waals surface area contributed by atoms with E-state index in [2.05, 4.69) is 25.3 Å². The fourth-order valence-corrected chi connectivity index (χ4v) is 3.09. The lowest BCUT2D eigenvalue weighted by molar-refractivity contribution is 0.205. The number of ether oxygens (including phenoxy) is 1. The van der Waals surface area contributed by atoms with Gasteiger partial charge >= 0.3 is 0 Å². The lowest BCUT2D eigenvalue weighted by Crippen LogP contribution is -2.41. The van der Waals surface area contributed by atoms with Gasteiger partial charge in [0.25, 0.3) is 0 Å². The van der Waals surface area contributed by atoms with Gasteiger partial charge in [0.05, 0.1) is 12.2 Å². The minimum atomic E-state index is 0.135. The van der Waals surface area contributed by atoms with Gasteiger partial charge in [0.15, 0.2) is 5.96 Å². The Labute approximate surface area is 148 Å². The third-order valence-corrected chi connectivity index (χ3v) is 4.42. The number of nitrogens with zero attached hydrogens (tertiary/aromatic N) is 4. The maximum atomic E-state index is 5.94. The highest BCUT2D eigenvalue weighted by Gasteiger charge is 2.26. The van der Waals surface area contributed by atoms with E-state index in [4.69, 9.17) is 9.26 Å². The second-order valence-corrected chi connectivity index (χ2v) is 6.17. The monoisotopic (exact) mass is 343 g/mol. The van der Waals surface area contributed by atoms with E-state index in [1.807, 2.05) is 39.1 Å². The van der Waals surface area contributed by atoms with Gasteiger partial charge in [-0.2, -0.15) is 0 Å². The number of rotatable bonds is 5. The van der Waals surface area contributed by atoms with Gasteiger partial charge in [0.1, 0.15) is 11.9 Å². The van der Waals surface area contributed by atoms with Gasteiger partial charge in [0.2, 0.25) is 5.88 Å². The quantitative estimate of drug-likeness (QED) is 0.661. The normalized spacial score (nSPS) is 17.8. The van der Waals surface area contributed by atoms with E-state index in [0.717, 1.165) is 49.9 Å². The average Bonchev–Trinajstić information content (AvgIpc) is 3.20. The van der Waals surface area contributed by atoms with Crippen LogP contribution < -0.4 is 10.1 Å². The van der Waals surface area contributed by atoms with Gasteiger partial charge in [-0.3, -0.25) is 4.99 Å². The highest BCUT2D eigenvalue weighted by Crippen LogP contribution is 2.16. The second kappa shape index (κ2) is 8.00. The van der Waals surface area contributed by atoms with E-state index in [1.165, 1.54) is 5.56 Å². The van der Waals surface area contributed by atoms with E-state index in [1.54, 1.807) is 6.20 Å². The Hall–Kier alpha value is -2.57. The van der Waals surface area contributed by atoms with Crippen LogP contribution in [0, 0.1) is 13.8 Å². The zero-order valence-corrected chi connectivity index (χ0v) is 15.0. The van der Waals surface area contributed by atoms with Crippen LogP contribution in [0.2, 0.25) is 0 Å². The summed E-state index contributed by atoms with van der Waals surface area (Å²) in [6.45, 7) is 6.44. The molecule has 1 aliphatic heterocycles. The maximum absolute atomic E-state index is 5.94. The van der Waals surface area contributed by atoms with Gasteiger partial charge in [0, 0.05) is 44.4 Å². The van der Waals surface area contributed by atoms with Crippen LogP contribution in [0.3, 0.4) is 0 Å². The first-order valence-electron chi connectivity index (χ1n) is 8.62. The van der Waals surface area contributed by atoms with Crippen molar-refractivity contribution in [2.45, 2.75) is 32.8 Å². The molecule has 1 atom stereocenters. The van der Waals surface area contributed by atoms with Crippen molar-refractivity contribution >= 4 is 5.96 Å². The van der Waals surface area contributed by atoms with Gasteiger partial charge in [-0.25, -0.2) is 4.98 Å². The molecule has 0 aliphatic carbocycles. The first-order chi connectivity index (χ1) is 12.2. The number of aromatic nitrogens is 2. The molecule has 0 saturated carbocycles. The highest BCUT2D eigenvalue weighted by atomic mass is 16.5. The largest absolute Gasteiger partial charge is 0.472 e. The Morgan fingerprint density at radius 2 is 2.32 bits per heavy atom. The summed E-state index contributed by atoms with van der Waals surface area (Å²) < 4.78 is 11.1. The van der Waals surface area contributed by atoms with Crippen molar-refractivity contribution in [1.29, 1.82) is 0 Å². The molecule has 2 aromatic heterocycles. The highest BCUT2D eigenvalue weighted by molar-refractivity contribution is 5.80. The number of aryl methyl sites for hydroxylation is 2. The molecule has 7 nitrogen and oxygen atoms in total.